The second-order valence-electron chi connectivity index (χ2n) is 5.04. The molecule has 1 heterocycles. The zero-order chi connectivity index (χ0) is 15.6. The Morgan fingerprint density at radius 3 is 2.43 bits per heavy atom. The summed E-state index contributed by atoms with van der Waals surface area (Å²) in [5.74, 6) is 0.292. The molecule has 1 aromatic carbocycles. The van der Waals surface area contributed by atoms with E-state index in [1.54, 1.807) is 6.21 Å². The molecule has 110 valence electrons. The molecule has 0 spiro atoms. The summed E-state index contributed by atoms with van der Waals surface area (Å²) >= 11 is 1.41. The van der Waals surface area contributed by atoms with Crippen LogP contribution in [0.5, 0.6) is 5.75 Å². The van der Waals surface area contributed by atoms with Crippen LogP contribution in [0.4, 0.5) is 0 Å². The Morgan fingerprint density at radius 2 is 1.90 bits per heavy atom. The van der Waals surface area contributed by atoms with Crippen LogP contribution in [0.15, 0.2) is 17.1 Å². The number of Topliss-reactive ketones (excluding diaryl/α,β-unsaturated/α-hetero) is 1. The van der Waals surface area contributed by atoms with Gasteiger partial charge in [0, 0.05) is 6.21 Å². The van der Waals surface area contributed by atoms with Crippen molar-refractivity contribution in [1.29, 1.82) is 0 Å². The number of hydrogen-bond donors (Lipinski definition) is 1. The first-order valence-electron chi connectivity index (χ1n) is 6.65. The lowest BCUT2D eigenvalue weighted by molar-refractivity contribution is 0.100. The van der Waals surface area contributed by atoms with E-state index in [2.05, 4.69) is 9.98 Å². The summed E-state index contributed by atoms with van der Waals surface area (Å²) in [5, 5.41) is 10.6. The highest BCUT2D eigenvalue weighted by molar-refractivity contribution is 7.13. The van der Waals surface area contributed by atoms with E-state index in [4.69, 9.17) is 0 Å². The number of carbonyl (C=O) groups excluding carboxylic acids is 1. The first-order valence-corrected chi connectivity index (χ1v) is 7.47. The Labute approximate surface area is 128 Å². The monoisotopic (exact) mass is 302 g/mol. The molecule has 0 amide bonds. The molecule has 1 aromatic heterocycles. The van der Waals surface area contributed by atoms with E-state index in [9.17, 15) is 9.90 Å². The molecule has 0 fully saturated rings. The van der Waals surface area contributed by atoms with Gasteiger partial charge in [0.25, 0.3) is 0 Å². The van der Waals surface area contributed by atoms with Crippen molar-refractivity contribution in [3.8, 4) is 5.75 Å². The van der Waals surface area contributed by atoms with Crippen LogP contribution in [-0.4, -0.2) is 28.6 Å². The van der Waals surface area contributed by atoms with Crippen molar-refractivity contribution in [2.45, 2.75) is 27.7 Å². The number of aromatic hydroxyl groups is 1. The number of carbonyl (C=O) groups is 1. The Kier molecular flexibility index (Phi) is 4.53. The van der Waals surface area contributed by atoms with Crippen LogP contribution in [-0.2, 0) is 0 Å². The minimum atomic E-state index is -0.0124. The predicted molar refractivity (Wildman–Crippen MR) is 86.0 cm³/mol. The minimum absolute atomic E-state index is 0.0124. The summed E-state index contributed by atoms with van der Waals surface area (Å²) in [4.78, 5) is 21.2. The van der Waals surface area contributed by atoms with Gasteiger partial charge in [-0.3, -0.25) is 9.79 Å². The molecule has 0 saturated carbocycles. The van der Waals surface area contributed by atoms with Crippen molar-refractivity contribution in [2.75, 3.05) is 6.54 Å². The highest BCUT2D eigenvalue weighted by Gasteiger charge is 2.12. The third-order valence-electron chi connectivity index (χ3n) is 3.15. The molecule has 0 aliphatic heterocycles. The zero-order valence-electron chi connectivity index (χ0n) is 12.6. The molecule has 0 bridgehead atoms. The summed E-state index contributed by atoms with van der Waals surface area (Å²) in [7, 11) is 0. The number of thiazole rings is 1. The third-order valence-corrected chi connectivity index (χ3v) is 4.26. The van der Waals surface area contributed by atoms with Gasteiger partial charge in [-0.05, 0) is 56.5 Å². The Hall–Kier alpha value is -2.01. The van der Waals surface area contributed by atoms with Crippen molar-refractivity contribution in [3.05, 3.63) is 44.4 Å². The fourth-order valence-corrected chi connectivity index (χ4v) is 3.01. The van der Waals surface area contributed by atoms with Crippen molar-refractivity contribution in [3.63, 3.8) is 0 Å². The number of aromatic nitrogens is 1. The largest absolute Gasteiger partial charge is 0.507 e. The summed E-state index contributed by atoms with van der Waals surface area (Å²) in [6.45, 7) is 7.52. The topological polar surface area (TPSA) is 62.5 Å². The maximum atomic E-state index is 12.1. The molecule has 5 heteroatoms. The maximum Gasteiger partial charge on any atom is 0.195 e. The lowest BCUT2D eigenvalue weighted by atomic mass is 10.1. The lowest BCUT2D eigenvalue weighted by Gasteiger charge is -2.04. The summed E-state index contributed by atoms with van der Waals surface area (Å²) in [6.07, 6.45) is 1.67. The fraction of sp³-hybridized carbons (Fsp3) is 0.312. The van der Waals surface area contributed by atoms with E-state index in [1.807, 2.05) is 39.8 Å². The smallest absolute Gasteiger partial charge is 0.195 e. The normalized spacial score (nSPS) is 11.2. The van der Waals surface area contributed by atoms with E-state index >= 15 is 0 Å². The summed E-state index contributed by atoms with van der Waals surface area (Å²) in [5.41, 5.74) is 3.26. The number of phenolic OH excluding ortho intramolecular Hbond substituents is 1. The molecule has 21 heavy (non-hydrogen) atoms. The second-order valence-corrected chi connectivity index (χ2v) is 6.25. The number of nitrogens with zero attached hydrogens (tertiary/aromatic N) is 2. The number of rotatable bonds is 4. The van der Waals surface area contributed by atoms with Crippen LogP contribution in [0.2, 0.25) is 0 Å². The predicted octanol–water partition coefficient (Wildman–Crippen LogP) is 3.38. The van der Waals surface area contributed by atoms with Crippen molar-refractivity contribution in [2.24, 2.45) is 4.99 Å². The Bertz CT molecular complexity index is 694. The van der Waals surface area contributed by atoms with Gasteiger partial charge in [-0.1, -0.05) is 0 Å². The van der Waals surface area contributed by atoms with Gasteiger partial charge in [-0.25, -0.2) is 4.98 Å². The highest BCUT2D eigenvalue weighted by atomic mass is 32.1. The third kappa shape index (κ3) is 3.55. The molecular formula is C16H18N2O2S. The van der Waals surface area contributed by atoms with Gasteiger partial charge < -0.3 is 5.11 Å². The van der Waals surface area contributed by atoms with Gasteiger partial charge in [0.2, 0.25) is 0 Å². The van der Waals surface area contributed by atoms with Crippen molar-refractivity contribution >= 4 is 23.3 Å². The molecule has 1 N–H and O–H groups in total. The Balaban J connectivity index is 2.09. The first-order chi connectivity index (χ1) is 9.88. The summed E-state index contributed by atoms with van der Waals surface area (Å²) in [6, 6.07) is 3.69. The molecule has 2 rings (SSSR count). The van der Waals surface area contributed by atoms with Crippen LogP contribution in [0, 0.1) is 27.7 Å². The number of benzene rings is 1. The van der Waals surface area contributed by atoms with E-state index in [0.29, 0.717) is 10.6 Å². The zero-order valence-corrected chi connectivity index (χ0v) is 13.4. The van der Waals surface area contributed by atoms with Crippen molar-refractivity contribution < 1.29 is 9.90 Å². The second kappa shape index (κ2) is 6.18. The average Bonchev–Trinajstić information content (AvgIpc) is 2.75. The molecule has 0 radical (unpaired) electrons. The SMILES string of the molecule is Cc1nc(C)c(C(=O)CN=Cc2cc(C)c(O)c(C)c2)s1. The molecule has 2 aromatic rings. The number of phenols is 1. The minimum Gasteiger partial charge on any atom is -0.507 e. The lowest BCUT2D eigenvalue weighted by Crippen LogP contribution is -2.03. The molecule has 0 aliphatic rings. The van der Waals surface area contributed by atoms with E-state index in [0.717, 1.165) is 27.4 Å². The van der Waals surface area contributed by atoms with E-state index in [-0.39, 0.29) is 12.3 Å². The number of aryl methyl sites for hydroxylation is 4. The van der Waals surface area contributed by atoms with Crippen LogP contribution in [0.25, 0.3) is 0 Å². The summed E-state index contributed by atoms with van der Waals surface area (Å²) < 4.78 is 0. The fourth-order valence-electron chi connectivity index (χ4n) is 2.16. The van der Waals surface area contributed by atoms with Gasteiger partial charge in [0.05, 0.1) is 15.6 Å². The molecule has 0 unspecified atom stereocenters. The van der Waals surface area contributed by atoms with Gasteiger partial charge in [0.15, 0.2) is 5.78 Å². The Morgan fingerprint density at radius 1 is 1.29 bits per heavy atom. The number of hydrogen-bond acceptors (Lipinski definition) is 5. The van der Waals surface area contributed by atoms with Crippen LogP contribution in [0.3, 0.4) is 0 Å². The average molecular weight is 302 g/mol. The van der Waals surface area contributed by atoms with Gasteiger partial charge in [0.1, 0.15) is 12.3 Å². The maximum absolute atomic E-state index is 12.1. The molecular weight excluding hydrogens is 284 g/mol. The van der Waals surface area contributed by atoms with Crippen LogP contribution >= 0.6 is 11.3 Å². The molecule has 4 nitrogen and oxygen atoms in total. The standard InChI is InChI=1S/C16H18N2O2S/c1-9-5-13(6-10(2)15(9)20)7-17-8-14(19)16-11(3)18-12(4)21-16/h5-7,20H,8H2,1-4H3. The first kappa shape index (κ1) is 15.4. The van der Waals surface area contributed by atoms with E-state index in [1.165, 1.54) is 11.3 Å². The van der Waals surface area contributed by atoms with Crippen LogP contribution < -0.4 is 0 Å². The molecule has 0 atom stereocenters. The quantitative estimate of drug-likeness (QED) is 0.695. The molecule has 0 aliphatic carbocycles. The van der Waals surface area contributed by atoms with E-state index < -0.39 is 0 Å². The highest BCUT2D eigenvalue weighted by Crippen LogP contribution is 2.22. The van der Waals surface area contributed by atoms with Gasteiger partial charge >= 0.3 is 0 Å². The van der Waals surface area contributed by atoms with Crippen LogP contribution in [0.1, 0.15) is 37.1 Å². The number of aliphatic imine (C=N–C) groups is 1. The molecule has 0 saturated heterocycles. The number of ketones is 1. The van der Waals surface area contributed by atoms with Gasteiger partial charge in [-0.15, -0.1) is 11.3 Å². The van der Waals surface area contributed by atoms with Crippen molar-refractivity contribution in [1.82, 2.24) is 4.98 Å². The van der Waals surface area contributed by atoms with Gasteiger partial charge in [-0.2, -0.15) is 0 Å².